The number of halogens is 1. The summed E-state index contributed by atoms with van der Waals surface area (Å²) in [6, 6.07) is 2.16. The number of hydrogen-bond acceptors (Lipinski definition) is 2. The Morgan fingerprint density at radius 1 is 1.25 bits per heavy atom. The molecule has 1 aromatic rings. The van der Waals surface area contributed by atoms with Gasteiger partial charge in [-0.3, -0.25) is 0 Å². The Morgan fingerprint density at radius 3 is 2.88 bits per heavy atom. The van der Waals surface area contributed by atoms with Gasteiger partial charge in [0.05, 0.1) is 13.2 Å². The van der Waals surface area contributed by atoms with Gasteiger partial charge in [-0.2, -0.15) is 0 Å². The fourth-order valence-electron chi connectivity index (χ4n) is 3.13. The lowest BCUT2D eigenvalue weighted by molar-refractivity contribution is 0.113. The molecule has 2 aliphatic rings. The molecular formula is C13H17BrO2. The van der Waals surface area contributed by atoms with E-state index in [1.807, 2.05) is 0 Å². The third-order valence-corrected chi connectivity index (χ3v) is 4.34. The van der Waals surface area contributed by atoms with E-state index >= 15 is 0 Å². The van der Waals surface area contributed by atoms with E-state index in [0.717, 1.165) is 36.0 Å². The normalized spacial score (nSPS) is 26.7. The summed E-state index contributed by atoms with van der Waals surface area (Å²) < 4.78 is 12.3. The monoisotopic (exact) mass is 284 g/mol. The van der Waals surface area contributed by atoms with Gasteiger partial charge in [0.1, 0.15) is 5.76 Å². The van der Waals surface area contributed by atoms with Gasteiger partial charge in [-0.15, -0.1) is 0 Å². The SMILES string of the molecule is Brc1cc2c(o1)CCOCC2C1CCCC1. The van der Waals surface area contributed by atoms with E-state index in [0.29, 0.717) is 5.92 Å². The highest BCUT2D eigenvalue weighted by Gasteiger charge is 2.31. The predicted octanol–water partition coefficient (Wildman–Crippen LogP) is 3.89. The van der Waals surface area contributed by atoms with E-state index in [4.69, 9.17) is 9.15 Å². The van der Waals surface area contributed by atoms with Crippen molar-refractivity contribution in [3.8, 4) is 0 Å². The molecule has 0 spiro atoms. The van der Waals surface area contributed by atoms with Gasteiger partial charge in [-0.25, -0.2) is 0 Å². The van der Waals surface area contributed by atoms with Crippen LogP contribution in [0.25, 0.3) is 0 Å². The van der Waals surface area contributed by atoms with Gasteiger partial charge in [0.25, 0.3) is 0 Å². The number of hydrogen-bond donors (Lipinski definition) is 0. The summed E-state index contributed by atoms with van der Waals surface area (Å²) in [5, 5.41) is 0. The van der Waals surface area contributed by atoms with Crippen molar-refractivity contribution < 1.29 is 9.15 Å². The van der Waals surface area contributed by atoms with E-state index in [1.54, 1.807) is 0 Å². The molecule has 0 bridgehead atoms. The van der Waals surface area contributed by atoms with Crippen LogP contribution in [0.3, 0.4) is 0 Å². The van der Waals surface area contributed by atoms with Crippen LogP contribution in [0.2, 0.25) is 0 Å². The van der Waals surface area contributed by atoms with Crippen LogP contribution in [0.4, 0.5) is 0 Å². The first-order chi connectivity index (χ1) is 7.84. The maximum atomic E-state index is 5.72. The maximum absolute atomic E-state index is 5.72. The third-order valence-electron chi connectivity index (χ3n) is 3.95. The van der Waals surface area contributed by atoms with E-state index in [2.05, 4.69) is 22.0 Å². The number of furan rings is 1. The van der Waals surface area contributed by atoms with Crippen molar-refractivity contribution in [3.63, 3.8) is 0 Å². The van der Waals surface area contributed by atoms with Crippen LogP contribution in [0.1, 0.15) is 42.9 Å². The molecule has 0 N–H and O–H groups in total. The largest absolute Gasteiger partial charge is 0.454 e. The standard InChI is InChI=1S/C13H17BrO2/c14-13-7-10-11(9-3-1-2-4-9)8-15-6-5-12(10)16-13/h7,9,11H,1-6,8H2. The summed E-state index contributed by atoms with van der Waals surface area (Å²) in [7, 11) is 0. The van der Waals surface area contributed by atoms with Gasteiger partial charge >= 0.3 is 0 Å². The van der Waals surface area contributed by atoms with E-state index in [9.17, 15) is 0 Å². The molecule has 1 aliphatic carbocycles. The zero-order valence-corrected chi connectivity index (χ0v) is 11.0. The Balaban J connectivity index is 1.91. The molecule has 1 atom stereocenters. The molecule has 1 aliphatic heterocycles. The molecule has 0 aromatic carbocycles. The Hall–Kier alpha value is -0.280. The molecule has 88 valence electrons. The van der Waals surface area contributed by atoms with Crippen molar-refractivity contribution in [2.24, 2.45) is 5.92 Å². The second kappa shape index (κ2) is 4.53. The van der Waals surface area contributed by atoms with Crippen LogP contribution < -0.4 is 0 Å². The minimum Gasteiger partial charge on any atom is -0.454 e. The third kappa shape index (κ3) is 1.95. The maximum Gasteiger partial charge on any atom is 0.169 e. The fraction of sp³-hybridized carbons (Fsp3) is 0.692. The highest BCUT2D eigenvalue weighted by Crippen LogP contribution is 2.41. The average molecular weight is 285 g/mol. The predicted molar refractivity (Wildman–Crippen MR) is 65.6 cm³/mol. The van der Waals surface area contributed by atoms with Gasteiger partial charge in [-0.1, -0.05) is 12.8 Å². The summed E-state index contributed by atoms with van der Waals surface area (Å²) >= 11 is 3.45. The molecule has 1 aromatic heterocycles. The molecule has 0 amide bonds. The second-order valence-electron chi connectivity index (χ2n) is 4.90. The van der Waals surface area contributed by atoms with Crippen molar-refractivity contribution in [3.05, 3.63) is 22.1 Å². The Labute approximate surface area is 104 Å². The van der Waals surface area contributed by atoms with Gasteiger partial charge in [0.15, 0.2) is 4.67 Å². The van der Waals surface area contributed by atoms with Gasteiger partial charge < -0.3 is 9.15 Å². The molecule has 3 heteroatoms. The van der Waals surface area contributed by atoms with Crippen molar-refractivity contribution in [2.45, 2.75) is 38.0 Å². The highest BCUT2D eigenvalue weighted by molar-refractivity contribution is 9.10. The van der Waals surface area contributed by atoms with Crippen LogP contribution >= 0.6 is 15.9 Å². The zero-order chi connectivity index (χ0) is 11.0. The molecule has 1 saturated carbocycles. The lowest BCUT2D eigenvalue weighted by Gasteiger charge is -2.21. The lowest BCUT2D eigenvalue weighted by Crippen LogP contribution is -2.14. The number of ether oxygens (including phenoxy) is 1. The molecule has 0 radical (unpaired) electrons. The van der Waals surface area contributed by atoms with Gasteiger partial charge in [0, 0.05) is 17.9 Å². The van der Waals surface area contributed by atoms with Crippen molar-refractivity contribution in [2.75, 3.05) is 13.2 Å². The lowest BCUT2D eigenvalue weighted by atomic mass is 9.85. The van der Waals surface area contributed by atoms with Crippen LogP contribution in [-0.4, -0.2) is 13.2 Å². The van der Waals surface area contributed by atoms with Crippen molar-refractivity contribution >= 4 is 15.9 Å². The van der Waals surface area contributed by atoms with Crippen molar-refractivity contribution in [1.82, 2.24) is 0 Å². The molecule has 2 heterocycles. The first-order valence-electron chi connectivity index (χ1n) is 6.20. The zero-order valence-electron chi connectivity index (χ0n) is 9.38. The smallest absolute Gasteiger partial charge is 0.169 e. The molecule has 0 saturated heterocycles. The summed E-state index contributed by atoms with van der Waals surface area (Å²) in [6.07, 6.45) is 6.40. The van der Waals surface area contributed by atoms with Crippen molar-refractivity contribution in [1.29, 1.82) is 0 Å². The molecule has 2 nitrogen and oxygen atoms in total. The molecule has 1 fully saturated rings. The topological polar surface area (TPSA) is 22.4 Å². The summed E-state index contributed by atoms with van der Waals surface area (Å²) in [5.41, 5.74) is 1.40. The summed E-state index contributed by atoms with van der Waals surface area (Å²) in [5.74, 6) is 2.51. The summed E-state index contributed by atoms with van der Waals surface area (Å²) in [6.45, 7) is 1.68. The first kappa shape index (κ1) is 10.8. The highest BCUT2D eigenvalue weighted by atomic mass is 79.9. The fourth-order valence-corrected chi connectivity index (χ4v) is 3.57. The van der Waals surface area contributed by atoms with Crippen LogP contribution in [-0.2, 0) is 11.2 Å². The van der Waals surface area contributed by atoms with Crippen LogP contribution in [0, 0.1) is 5.92 Å². The molecule has 16 heavy (non-hydrogen) atoms. The van der Waals surface area contributed by atoms with E-state index in [1.165, 1.54) is 31.2 Å². The summed E-state index contributed by atoms with van der Waals surface area (Å²) in [4.78, 5) is 0. The van der Waals surface area contributed by atoms with Gasteiger partial charge in [0.2, 0.25) is 0 Å². The minimum absolute atomic E-state index is 0.565. The minimum atomic E-state index is 0.565. The van der Waals surface area contributed by atoms with Crippen LogP contribution in [0.5, 0.6) is 0 Å². The molecular weight excluding hydrogens is 268 g/mol. The average Bonchev–Trinajstić information content (AvgIpc) is 2.86. The number of fused-ring (bicyclic) bond motifs is 1. The number of rotatable bonds is 1. The molecule has 1 unspecified atom stereocenters. The second-order valence-corrected chi connectivity index (χ2v) is 5.69. The Morgan fingerprint density at radius 2 is 2.06 bits per heavy atom. The Bertz CT molecular complexity index is 366. The quantitative estimate of drug-likeness (QED) is 0.781. The van der Waals surface area contributed by atoms with E-state index < -0.39 is 0 Å². The molecule has 3 rings (SSSR count). The van der Waals surface area contributed by atoms with E-state index in [-0.39, 0.29) is 0 Å². The first-order valence-corrected chi connectivity index (χ1v) is 7.00. The van der Waals surface area contributed by atoms with Crippen LogP contribution in [0.15, 0.2) is 15.2 Å². The van der Waals surface area contributed by atoms with Gasteiger partial charge in [-0.05, 0) is 40.8 Å². The Kier molecular flexibility index (Phi) is 3.07.